The lowest BCUT2D eigenvalue weighted by Gasteiger charge is -2.07. The fraction of sp³-hybridized carbons (Fsp3) is 0.286. The van der Waals surface area contributed by atoms with E-state index < -0.39 is 10.8 Å². The van der Waals surface area contributed by atoms with E-state index in [0.717, 1.165) is 6.07 Å². The summed E-state index contributed by atoms with van der Waals surface area (Å²) in [5.74, 6) is -0.714. The summed E-state index contributed by atoms with van der Waals surface area (Å²) < 4.78 is 4.87. The molecule has 0 unspecified atom stereocenters. The molecule has 8 nitrogen and oxygen atoms in total. The maximum absolute atomic E-state index is 12.0. The third-order valence-electron chi connectivity index (χ3n) is 2.69. The van der Waals surface area contributed by atoms with E-state index in [2.05, 4.69) is 10.6 Å². The van der Waals surface area contributed by atoms with Crippen LogP contribution < -0.4 is 10.6 Å². The number of carbonyl (C=O) groups excluding carboxylic acids is 1. The number of carbonyl (C=O) groups is 1. The number of nitro benzene ring substituents is 1. The minimum atomic E-state index is -0.714. The standard InChI is InChI=1S/C14H15ClN4O4/c1-23-6-2-5-17-9-10(8-16)14(20)18-13-7-11(19(21)22)3-4-12(13)15/h3-4,7,9,17H,2,5-6H2,1H3,(H,18,20)/b10-9-. The average molecular weight is 339 g/mol. The summed E-state index contributed by atoms with van der Waals surface area (Å²) in [5.41, 5.74) is -0.332. The smallest absolute Gasteiger partial charge is 0.271 e. The normalized spacial score (nSPS) is 10.7. The molecule has 0 spiro atoms. The average Bonchev–Trinajstić information content (AvgIpc) is 2.52. The Bertz CT molecular complexity index is 655. The van der Waals surface area contributed by atoms with Crippen molar-refractivity contribution in [1.82, 2.24) is 5.32 Å². The minimum absolute atomic E-state index is 0.0615. The quantitative estimate of drug-likeness (QED) is 0.247. The Hall–Kier alpha value is -2.63. The number of rotatable bonds is 8. The Morgan fingerprint density at radius 2 is 2.30 bits per heavy atom. The number of amides is 1. The van der Waals surface area contributed by atoms with Gasteiger partial charge in [-0.25, -0.2) is 0 Å². The first-order chi connectivity index (χ1) is 11.0. The molecular weight excluding hydrogens is 324 g/mol. The summed E-state index contributed by atoms with van der Waals surface area (Å²) in [6, 6.07) is 5.39. The number of methoxy groups -OCH3 is 1. The second kappa shape index (κ2) is 9.40. The van der Waals surface area contributed by atoms with E-state index in [-0.39, 0.29) is 22.0 Å². The number of anilines is 1. The summed E-state index contributed by atoms with van der Waals surface area (Å²) in [4.78, 5) is 22.1. The van der Waals surface area contributed by atoms with Gasteiger partial charge in [-0.05, 0) is 12.5 Å². The molecule has 1 aromatic rings. The number of non-ortho nitro benzene ring substituents is 1. The predicted molar refractivity (Wildman–Crippen MR) is 84.9 cm³/mol. The number of halogens is 1. The first-order valence-electron chi connectivity index (χ1n) is 6.57. The van der Waals surface area contributed by atoms with Crippen LogP contribution in [0.2, 0.25) is 5.02 Å². The highest BCUT2D eigenvalue weighted by Crippen LogP contribution is 2.26. The van der Waals surface area contributed by atoms with Crippen molar-refractivity contribution in [3.8, 4) is 6.07 Å². The molecule has 2 N–H and O–H groups in total. The van der Waals surface area contributed by atoms with Crippen LogP contribution in [-0.2, 0) is 9.53 Å². The summed E-state index contributed by atoms with van der Waals surface area (Å²) in [7, 11) is 1.58. The van der Waals surface area contributed by atoms with Crippen molar-refractivity contribution in [3.63, 3.8) is 0 Å². The molecule has 0 aliphatic rings. The molecular formula is C14H15ClN4O4. The maximum atomic E-state index is 12.0. The highest BCUT2D eigenvalue weighted by atomic mass is 35.5. The first kappa shape index (κ1) is 18.4. The van der Waals surface area contributed by atoms with Crippen molar-refractivity contribution in [2.45, 2.75) is 6.42 Å². The van der Waals surface area contributed by atoms with Crippen LogP contribution in [0, 0.1) is 21.4 Å². The van der Waals surface area contributed by atoms with Crippen molar-refractivity contribution < 1.29 is 14.5 Å². The van der Waals surface area contributed by atoms with Crippen LogP contribution in [0.4, 0.5) is 11.4 Å². The molecule has 0 aliphatic heterocycles. The van der Waals surface area contributed by atoms with Gasteiger partial charge >= 0.3 is 0 Å². The van der Waals surface area contributed by atoms with Gasteiger partial charge in [0.1, 0.15) is 11.6 Å². The molecule has 0 radical (unpaired) electrons. The molecule has 9 heteroatoms. The number of hydrogen-bond donors (Lipinski definition) is 2. The molecule has 0 heterocycles. The number of nitrogens with one attached hydrogen (secondary N) is 2. The van der Waals surface area contributed by atoms with Crippen LogP contribution in [0.3, 0.4) is 0 Å². The SMILES string of the molecule is COCCCN/C=C(/C#N)C(=O)Nc1cc([N+](=O)[O-])ccc1Cl. The zero-order chi connectivity index (χ0) is 17.2. The maximum Gasteiger partial charge on any atom is 0.271 e. The van der Waals surface area contributed by atoms with E-state index in [9.17, 15) is 14.9 Å². The molecule has 0 saturated heterocycles. The Labute approximate surface area is 137 Å². The summed E-state index contributed by atoms with van der Waals surface area (Å²) in [6.07, 6.45) is 1.99. The Morgan fingerprint density at radius 1 is 1.57 bits per heavy atom. The highest BCUT2D eigenvalue weighted by Gasteiger charge is 2.14. The first-order valence-corrected chi connectivity index (χ1v) is 6.95. The highest BCUT2D eigenvalue weighted by molar-refractivity contribution is 6.34. The summed E-state index contributed by atoms with van der Waals surface area (Å²) in [6.45, 7) is 1.09. The number of nitriles is 1. The molecule has 1 aromatic carbocycles. The van der Waals surface area contributed by atoms with E-state index >= 15 is 0 Å². The number of hydrogen-bond acceptors (Lipinski definition) is 6. The van der Waals surface area contributed by atoms with Crippen molar-refractivity contribution in [2.24, 2.45) is 0 Å². The second-order valence-electron chi connectivity index (χ2n) is 4.35. The fourth-order valence-electron chi connectivity index (χ4n) is 1.55. The topological polar surface area (TPSA) is 117 Å². The van der Waals surface area contributed by atoms with Gasteiger partial charge in [-0.15, -0.1) is 0 Å². The monoisotopic (exact) mass is 338 g/mol. The minimum Gasteiger partial charge on any atom is -0.390 e. The van der Waals surface area contributed by atoms with Gasteiger partial charge in [0.15, 0.2) is 0 Å². The van der Waals surface area contributed by atoms with Gasteiger partial charge in [0.25, 0.3) is 11.6 Å². The van der Waals surface area contributed by atoms with Crippen molar-refractivity contribution in [1.29, 1.82) is 5.26 Å². The lowest BCUT2D eigenvalue weighted by Crippen LogP contribution is -2.18. The number of ether oxygens (including phenoxy) is 1. The van der Waals surface area contributed by atoms with Crippen LogP contribution in [0.25, 0.3) is 0 Å². The third-order valence-corrected chi connectivity index (χ3v) is 3.02. The molecule has 1 amide bonds. The molecule has 0 fully saturated rings. The van der Waals surface area contributed by atoms with Gasteiger partial charge in [-0.2, -0.15) is 5.26 Å². The molecule has 1 rings (SSSR count). The van der Waals surface area contributed by atoms with Crippen LogP contribution in [0.5, 0.6) is 0 Å². The van der Waals surface area contributed by atoms with Crippen LogP contribution in [-0.4, -0.2) is 31.1 Å². The molecule has 122 valence electrons. The van der Waals surface area contributed by atoms with Gasteiger partial charge in [0.05, 0.1) is 15.6 Å². The van der Waals surface area contributed by atoms with Crippen LogP contribution >= 0.6 is 11.6 Å². The second-order valence-corrected chi connectivity index (χ2v) is 4.75. The molecule has 23 heavy (non-hydrogen) atoms. The van der Waals surface area contributed by atoms with E-state index in [1.54, 1.807) is 13.2 Å². The van der Waals surface area contributed by atoms with E-state index in [1.165, 1.54) is 18.3 Å². The van der Waals surface area contributed by atoms with Crippen molar-refractivity contribution in [3.05, 3.63) is 45.1 Å². The zero-order valence-electron chi connectivity index (χ0n) is 12.3. The van der Waals surface area contributed by atoms with Crippen LogP contribution in [0.1, 0.15) is 6.42 Å². The van der Waals surface area contributed by atoms with Gasteiger partial charge in [0, 0.05) is 38.6 Å². The van der Waals surface area contributed by atoms with Gasteiger partial charge in [-0.3, -0.25) is 14.9 Å². The van der Waals surface area contributed by atoms with Crippen molar-refractivity contribution >= 4 is 28.9 Å². The van der Waals surface area contributed by atoms with Crippen LogP contribution in [0.15, 0.2) is 30.0 Å². The number of nitrogens with zero attached hydrogens (tertiary/aromatic N) is 2. The largest absolute Gasteiger partial charge is 0.390 e. The van der Waals surface area contributed by atoms with E-state index in [4.69, 9.17) is 21.6 Å². The Morgan fingerprint density at radius 3 is 2.91 bits per heavy atom. The van der Waals surface area contributed by atoms with E-state index in [1.807, 2.05) is 0 Å². The van der Waals surface area contributed by atoms with E-state index in [0.29, 0.717) is 19.6 Å². The summed E-state index contributed by atoms with van der Waals surface area (Å²) >= 11 is 5.89. The lowest BCUT2D eigenvalue weighted by atomic mass is 10.2. The fourth-order valence-corrected chi connectivity index (χ4v) is 1.72. The molecule has 0 aromatic heterocycles. The Kier molecular flexibility index (Phi) is 7.53. The van der Waals surface area contributed by atoms with Crippen molar-refractivity contribution in [2.75, 3.05) is 25.6 Å². The number of benzene rings is 1. The third kappa shape index (κ3) is 5.94. The molecule has 0 bridgehead atoms. The van der Waals surface area contributed by atoms with Gasteiger partial charge < -0.3 is 15.4 Å². The summed E-state index contributed by atoms with van der Waals surface area (Å²) in [5, 5.41) is 25.1. The molecule has 0 atom stereocenters. The zero-order valence-corrected chi connectivity index (χ0v) is 13.1. The van der Waals surface area contributed by atoms with Gasteiger partial charge in [-0.1, -0.05) is 11.6 Å². The molecule has 0 aliphatic carbocycles. The molecule has 0 saturated carbocycles. The number of nitro groups is 1. The predicted octanol–water partition coefficient (Wildman–Crippen LogP) is 2.22. The van der Waals surface area contributed by atoms with Gasteiger partial charge in [0.2, 0.25) is 0 Å². The Balaban J connectivity index is 2.77. The lowest BCUT2D eigenvalue weighted by molar-refractivity contribution is -0.384.